The Morgan fingerprint density at radius 1 is 0.328 bits per heavy atom. The van der Waals surface area contributed by atoms with Gasteiger partial charge in [-0.3, -0.25) is 14.4 Å². The molecule has 0 N–H and O–H groups in total. The molecule has 0 fully saturated rings. The fraction of sp³-hybridized carbons (Fsp3) is 0.942. The van der Waals surface area contributed by atoms with Crippen molar-refractivity contribution in [2.24, 2.45) is 5.92 Å². The minimum Gasteiger partial charge on any atom is -0.462 e. The molecule has 0 aromatic rings. The average Bonchev–Trinajstić information content (AvgIpc) is 3.21. The standard InChI is InChI=1S/C52H100O6/c1-5-7-9-11-13-15-17-19-20-21-22-24-26-28-32-37-41-45-52(55)58-49(47-57-51(54)44-40-36-33-29-30-34-38-42-48(3)4)46-56-50(53)43-39-35-31-27-25-23-18-16-14-12-10-8-6-2/h48-49H,5-47H2,1-4H3/t49-/m0/s1. The Labute approximate surface area is 361 Å². The molecule has 6 heteroatoms. The van der Waals surface area contributed by atoms with Gasteiger partial charge in [-0.15, -0.1) is 0 Å². The van der Waals surface area contributed by atoms with Crippen LogP contribution in [-0.2, 0) is 28.6 Å². The molecular weight excluding hydrogens is 721 g/mol. The highest BCUT2D eigenvalue weighted by Crippen LogP contribution is 2.17. The molecule has 0 rings (SSSR count). The van der Waals surface area contributed by atoms with Crippen molar-refractivity contribution in [3.8, 4) is 0 Å². The highest BCUT2D eigenvalue weighted by Gasteiger charge is 2.19. The van der Waals surface area contributed by atoms with E-state index in [1.807, 2.05) is 0 Å². The first-order valence-electron chi connectivity index (χ1n) is 25.9. The highest BCUT2D eigenvalue weighted by molar-refractivity contribution is 5.71. The van der Waals surface area contributed by atoms with Gasteiger partial charge in [-0.1, -0.05) is 252 Å². The van der Waals surface area contributed by atoms with Crippen molar-refractivity contribution in [1.29, 1.82) is 0 Å². The van der Waals surface area contributed by atoms with Crippen LogP contribution in [0.25, 0.3) is 0 Å². The number of hydrogen-bond acceptors (Lipinski definition) is 6. The molecule has 0 heterocycles. The average molecular weight is 821 g/mol. The summed E-state index contributed by atoms with van der Waals surface area (Å²) in [5.74, 6) is -0.0659. The van der Waals surface area contributed by atoms with E-state index in [2.05, 4.69) is 27.7 Å². The maximum Gasteiger partial charge on any atom is 0.306 e. The maximum absolute atomic E-state index is 12.8. The summed E-state index contributed by atoms with van der Waals surface area (Å²) in [5.41, 5.74) is 0. The van der Waals surface area contributed by atoms with Gasteiger partial charge in [0.05, 0.1) is 0 Å². The van der Waals surface area contributed by atoms with Crippen LogP contribution in [-0.4, -0.2) is 37.2 Å². The van der Waals surface area contributed by atoms with Crippen LogP contribution >= 0.6 is 0 Å². The van der Waals surface area contributed by atoms with Crippen LogP contribution in [0, 0.1) is 5.92 Å². The van der Waals surface area contributed by atoms with Crippen LogP contribution in [0.5, 0.6) is 0 Å². The quantitative estimate of drug-likeness (QED) is 0.0346. The Hall–Kier alpha value is -1.59. The number of unbranched alkanes of at least 4 members (excludes halogenated alkanes) is 34. The van der Waals surface area contributed by atoms with Crippen molar-refractivity contribution < 1.29 is 28.6 Å². The largest absolute Gasteiger partial charge is 0.462 e. The van der Waals surface area contributed by atoms with Crippen molar-refractivity contribution in [1.82, 2.24) is 0 Å². The van der Waals surface area contributed by atoms with Crippen molar-refractivity contribution in [2.75, 3.05) is 13.2 Å². The Morgan fingerprint density at radius 3 is 0.845 bits per heavy atom. The fourth-order valence-corrected chi connectivity index (χ4v) is 7.86. The summed E-state index contributed by atoms with van der Waals surface area (Å²) < 4.78 is 16.8. The Balaban J connectivity index is 4.28. The normalized spacial score (nSPS) is 11.9. The zero-order chi connectivity index (χ0) is 42.4. The van der Waals surface area contributed by atoms with Crippen molar-refractivity contribution >= 4 is 17.9 Å². The molecule has 0 aromatic heterocycles. The molecule has 0 spiro atoms. The third-order valence-corrected chi connectivity index (χ3v) is 11.8. The van der Waals surface area contributed by atoms with Gasteiger partial charge in [0, 0.05) is 19.3 Å². The lowest BCUT2D eigenvalue weighted by Gasteiger charge is -2.18. The number of carbonyl (C=O) groups is 3. The van der Waals surface area contributed by atoms with Gasteiger partial charge in [-0.2, -0.15) is 0 Å². The second-order valence-electron chi connectivity index (χ2n) is 18.3. The first-order chi connectivity index (χ1) is 28.4. The number of carbonyl (C=O) groups excluding carboxylic acids is 3. The van der Waals surface area contributed by atoms with Gasteiger partial charge in [0.2, 0.25) is 0 Å². The summed E-state index contributed by atoms with van der Waals surface area (Å²) in [6, 6.07) is 0. The SMILES string of the molecule is CCCCCCCCCCCCCCCCCCCC(=O)O[C@@H](COC(=O)CCCCCCCCCCCCCCC)COC(=O)CCCCCCCCCC(C)C. The van der Waals surface area contributed by atoms with Gasteiger partial charge in [0.15, 0.2) is 6.10 Å². The summed E-state index contributed by atoms with van der Waals surface area (Å²) in [6.07, 6.45) is 48.1. The van der Waals surface area contributed by atoms with Crippen molar-refractivity contribution in [2.45, 2.75) is 297 Å². The van der Waals surface area contributed by atoms with Gasteiger partial charge >= 0.3 is 17.9 Å². The van der Waals surface area contributed by atoms with Crippen LogP contribution in [0.4, 0.5) is 0 Å². The molecule has 0 aliphatic carbocycles. The second-order valence-corrected chi connectivity index (χ2v) is 18.3. The molecule has 58 heavy (non-hydrogen) atoms. The molecule has 1 atom stereocenters. The smallest absolute Gasteiger partial charge is 0.306 e. The van der Waals surface area contributed by atoms with E-state index in [1.165, 1.54) is 186 Å². The Kier molecular flexibility index (Phi) is 45.2. The topological polar surface area (TPSA) is 78.9 Å². The molecule has 0 radical (unpaired) electrons. The third kappa shape index (κ3) is 45.5. The monoisotopic (exact) mass is 821 g/mol. The van der Waals surface area contributed by atoms with E-state index in [0.29, 0.717) is 19.3 Å². The molecule has 0 unspecified atom stereocenters. The summed E-state index contributed by atoms with van der Waals surface area (Å²) in [4.78, 5) is 37.9. The van der Waals surface area contributed by atoms with E-state index < -0.39 is 6.10 Å². The number of rotatable bonds is 47. The summed E-state index contributed by atoms with van der Waals surface area (Å²) in [7, 11) is 0. The maximum atomic E-state index is 12.8. The van der Waals surface area contributed by atoms with E-state index in [4.69, 9.17) is 14.2 Å². The van der Waals surface area contributed by atoms with Crippen LogP contribution in [0.15, 0.2) is 0 Å². The van der Waals surface area contributed by atoms with Gasteiger partial charge in [-0.25, -0.2) is 0 Å². The van der Waals surface area contributed by atoms with Gasteiger partial charge in [0.1, 0.15) is 13.2 Å². The van der Waals surface area contributed by atoms with E-state index in [0.717, 1.165) is 63.7 Å². The molecule has 0 aliphatic heterocycles. The molecule has 344 valence electrons. The molecule has 0 aliphatic rings. The van der Waals surface area contributed by atoms with Crippen LogP contribution in [0.2, 0.25) is 0 Å². The molecule has 0 amide bonds. The summed E-state index contributed by atoms with van der Waals surface area (Å²) >= 11 is 0. The van der Waals surface area contributed by atoms with E-state index >= 15 is 0 Å². The van der Waals surface area contributed by atoms with Gasteiger partial charge < -0.3 is 14.2 Å². The molecule has 0 saturated heterocycles. The molecule has 6 nitrogen and oxygen atoms in total. The fourth-order valence-electron chi connectivity index (χ4n) is 7.86. The van der Waals surface area contributed by atoms with Crippen molar-refractivity contribution in [3.05, 3.63) is 0 Å². The van der Waals surface area contributed by atoms with Crippen LogP contribution in [0.3, 0.4) is 0 Å². The Bertz CT molecular complexity index is 872. The molecule has 0 bridgehead atoms. The van der Waals surface area contributed by atoms with Crippen LogP contribution in [0.1, 0.15) is 291 Å². The van der Waals surface area contributed by atoms with Crippen molar-refractivity contribution in [3.63, 3.8) is 0 Å². The Morgan fingerprint density at radius 2 is 0.569 bits per heavy atom. The predicted octanol–water partition coefficient (Wildman–Crippen LogP) is 16.7. The number of ether oxygens (including phenoxy) is 3. The van der Waals surface area contributed by atoms with Crippen LogP contribution < -0.4 is 0 Å². The lowest BCUT2D eigenvalue weighted by atomic mass is 10.0. The first-order valence-corrected chi connectivity index (χ1v) is 25.9. The zero-order valence-corrected chi connectivity index (χ0v) is 39.5. The molecule has 0 aromatic carbocycles. The number of esters is 3. The minimum atomic E-state index is -0.760. The third-order valence-electron chi connectivity index (χ3n) is 11.8. The van der Waals surface area contributed by atoms with E-state index in [1.54, 1.807) is 0 Å². The second kappa shape index (κ2) is 46.5. The van der Waals surface area contributed by atoms with Gasteiger partial charge in [0.25, 0.3) is 0 Å². The van der Waals surface area contributed by atoms with E-state index in [-0.39, 0.29) is 31.1 Å². The lowest BCUT2D eigenvalue weighted by Crippen LogP contribution is -2.30. The zero-order valence-electron chi connectivity index (χ0n) is 39.5. The highest BCUT2D eigenvalue weighted by atomic mass is 16.6. The van der Waals surface area contributed by atoms with E-state index in [9.17, 15) is 14.4 Å². The summed E-state index contributed by atoms with van der Waals surface area (Å²) in [6.45, 7) is 8.98. The lowest BCUT2D eigenvalue weighted by molar-refractivity contribution is -0.167. The predicted molar refractivity (Wildman–Crippen MR) is 247 cm³/mol. The first kappa shape index (κ1) is 56.4. The minimum absolute atomic E-state index is 0.0633. The van der Waals surface area contributed by atoms with Gasteiger partial charge in [-0.05, 0) is 25.2 Å². The summed E-state index contributed by atoms with van der Waals surface area (Å²) in [5, 5.41) is 0. The molecule has 0 saturated carbocycles. The molecular formula is C52H100O6. The number of hydrogen-bond donors (Lipinski definition) is 0.